The van der Waals surface area contributed by atoms with Crippen molar-refractivity contribution < 1.29 is 14.7 Å². The molecule has 0 radical (unpaired) electrons. The fourth-order valence-electron chi connectivity index (χ4n) is 2.14. The Kier molecular flexibility index (Phi) is 4.21. The lowest BCUT2D eigenvalue weighted by Crippen LogP contribution is -2.56. The highest BCUT2D eigenvalue weighted by atomic mass is 16.4. The number of amides is 2. The van der Waals surface area contributed by atoms with Gasteiger partial charge >= 0.3 is 12.0 Å². The SMILES string of the molecule is CCn1cnnc1CNC(=O)N1CC(C(C)C(=O)O)C1. The first-order valence-electron chi connectivity index (χ1n) is 6.65. The van der Waals surface area contributed by atoms with Crippen molar-refractivity contribution in [2.45, 2.75) is 26.9 Å². The van der Waals surface area contributed by atoms with Crippen molar-refractivity contribution in [1.29, 1.82) is 0 Å². The molecule has 2 heterocycles. The molecule has 1 aliphatic heterocycles. The minimum atomic E-state index is -0.814. The molecule has 0 bridgehead atoms. The smallest absolute Gasteiger partial charge is 0.317 e. The number of nitrogens with one attached hydrogen (secondary N) is 1. The summed E-state index contributed by atoms with van der Waals surface area (Å²) in [5.41, 5.74) is 0. The van der Waals surface area contributed by atoms with Crippen LogP contribution in [0.5, 0.6) is 0 Å². The Balaban J connectivity index is 1.76. The number of likely N-dealkylation sites (tertiary alicyclic amines) is 1. The molecular weight excluding hydrogens is 262 g/mol. The van der Waals surface area contributed by atoms with Crippen LogP contribution in [-0.4, -0.2) is 49.9 Å². The molecule has 0 aliphatic carbocycles. The van der Waals surface area contributed by atoms with E-state index in [-0.39, 0.29) is 11.9 Å². The molecule has 8 nitrogen and oxygen atoms in total. The Morgan fingerprint density at radius 2 is 2.25 bits per heavy atom. The fourth-order valence-corrected chi connectivity index (χ4v) is 2.14. The largest absolute Gasteiger partial charge is 0.481 e. The highest BCUT2D eigenvalue weighted by molar-refractivity contribution is 5.76. The number of hydrogen-bond acceptors (Lipinski definition) is 4. The van der Waals surface area contributed by atoms with E-state index in [0.717, 1.165) is 6.54 Å². The Morgan fingerprint density at radius 1 is 1.55 bits per heavy atom. The first-order chi connectivity index (χ1) is 9.52. The highest BCUT2D eigenvalue weighted by Gasteiger charge is 2.37. The van der Waals surface area contributed by atoms with E-state index in [1.165, 1.54) is 0 Å². The summed E-state index contributed by atoms with van der Waals surface area (Å²) in [7, 11) is 0. The Morgan fingerprint density at radius 3 is 2.85 bits per heavy atom. The number of aromatic nitrogens is 3. The number of aryl methyl sites for hydroxylation is 1. The average Bonchev–Trinajstić information content (AvgIpc) is 2.81. The molecule has 0 aromatic carbocycles. The van der Waals surface area contributed by atoms with Gasteiger partial charge in [-0.25, -0.2) is 4.79 Å². The average molecular weight is 281 g/mol. The van der Waals surface area contributed by atoms with Crippen molar-refractivity contribution >= 4 is 12.0 Å². The number of carbonyl (C=O) groups excluding carboxylic acids is 1. The molecule has 0 spiro atoms. The summed E-state index contributed by atoms with van der Waals surface area (Å²) in [6, 6.07) is -0.190. The first kappa shape index (κ1) is 14.3. The van der Waals surface area contributed by atoms with E-state index in [1.807, 2.05) is 11.5 Å². The molecular formula is C12H19N5O3. The maximum atomic E-state index is 11.9. The standard InChI is InChI=1S/C12H19N5O3/c1-3-16-7-14-15-10(16)4-13-12(20)17-5-9(6-17)8(2)11(18)19/h7-9H,3-6H2,1-2H3,(H,13,20)(H,18,19). The van der Waals surface area contributed by atoms with Gasteiger partial charge in [0.2, 0.25) is 0 Å². The monoisotopic (exact) mass is 281 g/mol. The molecule has 2 amide bonds. The number of hydrogen-bond donors (Lipinski definition) is 2. The molecule has 8 heteroatoms. The summed E-state index contributed by atoms with van der Waals surface area (Å²) in [4.78, 5) is 24.3. The van der Waals surface area contributed by atoms with Crippen molar-refractivity contribution in [2.24, 2.45) is 11.8 Å². The Labute approximate surface area is 116 Å². The molecule has 1 unspecified atom stereocenters. The van der Waals surface area contributed by atoms with Crippen molar-refractivity contribution in [1.82, 2.24) is 25.0 Å². The van der Waals surface area contributed by atoms with Crippen LogP contribution in [0.25, 0.3) is 0 Å². The van der Waals surface area contributed by atoms with E-state index in [4.69, 9.17) is 5.11 Å². The van der Waals surface area contributed by atoms with E-state index < -0.39 is 11.9 Å². The normalized spacial score (nSPS) is 16.6. The topological polar surface area (TPSA) is 100 Å². The third-order valence-corrected chi connectivity index (χ3v) is 3.73. The van der Waals surface area contributed by atoms with Gasteiger partial charge < -0.3 is 19.9 Å². The molecule has 2 N–H and O–H groups in total. The summed E-state index contributed by atoms with van der Waals surface area (Å²) in [5.74, 6) is -0.484. The zero-order valence-electron chi connectivity index (χ0n) is 11.6. The summed E-state index contributed by atoms with van der Waals surface area (Å²) in [5, 5.41) is 19.4. The van der Waals surface area contributed by atoms with E-state index in [0.29, 0.717) is 25.5 Å². The van der Waals surface area contributed by atoms with Crippen LogP contribution in [0.1, 0.15) is 19.7 Å². The van der Waals surface area contributed by atoms with E-state index in [2.05, 4.69) is 15.5 Å². The molecule has 20 heavy (non-hydrogen) atoms. The van der Waals surface area contributed by atoms with Gasteiger partial charge in [-0.15, -0.1) is 10.2 Å². The first-order valence-corrected chi connectivity index (χ1v) is 6.65. The summed E-state index contributed by atoms with van der Waals surface area (Å²) < 4.78 is 1.85. The van der Waals surface area contributed by atoms with Crippen molar-refractivity contribution in [3.63, 3.8) is 0 Å². The van der Waals surface area contributed by atoms with Gasteiger partial charge in [0.1, 0.15) is 6.33 Å². The molecule has 1 aromatic heterocycles. The Bertz CT molecular complexity index is 495. The zero-order valence-corrected chi connectivity index (χ0v) is 11.6. The van der Waals surface area contributed by atoms with Crippen LogP contribution < -0.4 is 5.32 Å². The lowest BCUT2D eigenvalue weighted by molar-refractivity contribution is -0.144. The second kappa shape index (κ2) is 5.89. The molecule has 0 saturated carbocycles. The van der Waals surface area contributed by atoms with Gasteiger partial charge in [-0.1, -0.05) is 6.92 Å². The maximum absolute atomic E-state index is 11.9. The third kappa shape index (κ3) is 2.89. The maximum Gasteiger partial charge on any atom is 0.317 e. The third-order valence-electron chi connectivity index (χ3n) is 3.73. The molecule has 110 valence electrons. The van der Waals surface area contributed by atoms with Crippen LogP contribution >= 0.6 is 0 Å². The highest BCUT2D eigenvalue weighted by Crippen LogP contribution is 2.23. The minimum absolute atomic E-state index is 0.0394. The van der Waals surface area contributed by atoms with E-state index in [1.54, 1.807) is 18.2 Å². The van der Waals surface area contributed by atoms with Crippen LogP contribution in [0.3, 0.4) is 0 Å². The van der Waals surface area contributed by atoms with Gasteiger partial charge in [0.05, 0.1) is 12.5 Å². The van der Waals surface area contributed by atoms with Gasteiger partial charge in [-0.2, -0.15) is 0 Å². The fraction of sp³-hybridized carbons (Fsp3) is 0.667. The number of rotatable bonds is 5. The number of carbonyl (C=O) groups is 2. The van der Waals surface area contributed by atoms with Crippen LogP contribution in [0.4, 0.5) is 4.79 Å². The van der Waals surface area contributed by atoms with Gasteiger partial charge in [-0.05, 0) is 6.92 Å². The summed E-state index contributed by atoms with van der Waals surface area (Å²) in [6.07, 6.45) is 1.62. The molecule has 2 rings (SSSR count). The summed E-state index contributed by atoms with van der Waals surface area (Å²) >= 11 is 0. The lowest BCUT2D eigenvalue weighted by Gasteiger charge is -2.40. The van der Waals surface area contributed by atoms with Crippen LogP contribution in [-0.2, 0) is 17.9 Å². The quantitative estimate of drug-likeness (QED) is 0.800. The minimum Gasteiger partial charge on any atom is -0.481 e. The number of urea groups is 1. The van der Waals surface area contributed by atoms with Crippen LogP contribution in [0, 0.1) is 11.8 Å². The molecule has 1 aromatic rings. The predicted octanol–water partition coefficient (Wildman–Crippen LogP) is 0.160. The van der Waals surface area contributed by atoms with Crippen molar-refractivity contribution in [3.8, 4) is 0 Å². The number of aliphatic carboxylic acids is 1. The van der Waals surface area contributed by atoms with Crippen LogP contribution in [0.2, 0.25) is 0 Å². The van der Waals surface area contributed by atoms with Gasteiger partial charge in [-0.3, -0.25) is 4.79 Å². The van der Waals surface area contributed by atoms with Gasteiger partial charge in [0.25, 0.3) is 0 Å². The van der Waals surface area contributed by atoms with Crippen molar-refractivity contribution in [3.05, 3.63) is 12.2 Å². The lowest BCUT2D eigenvalue weighted by atomic mass is 9.87. The van der Waals surface area contributed by atoms with Crippen molar-refractivity contribution in [2.75, 3.05) is 13.1 Å². The van der Waals surface area contributed by atoms with Gasteiger partial charge in [0.15, 0.2) is 5.82 Å². The Hall–Kier alpha value is -2.12. The molecule has 1 aliphatic rings. The molecule has 1 atom stereocenters. The second-order valence-electron chi connectivity index (χ2n) is 4.98. The number of nitrogens with zero attached hydrogens (tertiary/aromatic N) is 4. The number of carboxylic acid groups (broad SMARTS) is 1. The van der Waals surface area contributed by atoms with Gasteiger partial charge in [0, 0.05) is 25.6 Å². The molecule has 1 saturated heterocycles. The zero-order chi connectivity index (χ0) is 14.7. The predicted molar refractivity (Wildman–Crippen MR) is 69.8 cm³/mol. The number of carboxylic acids is 1. The summed E-state index contributed by atoms with van der Waals surface area (Å²) in [6.45, 7) is 5.69. The molecule has 1 fully saturated rings. The van der Waals surface area contributed by atoms with E-state index in [9.17, 15) is 9.59 Å². The second-order valence-corrected chi connectivity index (χ2v) is 4.98. The van der Waals surface area contributed by atoms with Crippen LogP contribution in [0.15, 0.2) is 6.33 Å². The van der Waals surface area contributed by atoms with E-state index >= 15 is 0 Å².